The highest BCUT2D eigenvalue weighted by molar-refractivity contribution is 5.65. The summed E-state index contributed by atoms with van der Waals surface area (Å²) < 4.78 is 6.11. The zero-order valence-corrected chi connectivity index (χ0v) is 10.3. The fourth-order valence-corrected chi connectivity index (χ4v) is 3.14. The van der Waals surface area contributed by atoms with Crippen LogP contribution in [-0.2, 0) is 10.2 Å². The van der Waals surface area contributed by atoms with Crippen molar-refractivity contribution in [3.05, 3.63) is 29.8 Å². The second-order valence-corrected chi connectivity index (χ2v) is 5.48. The monoisotopic (exact) mass is 217 g/mol. The molecule has 2 nitrogen and oxygen atoms in total. The van der Waals surface area contributed by atoms with Crippen molar-refractivity contribution in [2.24, 2.45) is 0 Å². The minimum absolute atomic E-state index is 0.0595. The Labute approximate surface area is 97.2 Å². The highest BCUT2D eigenvalue weighted by atomic mass is 16.5. The number of hydrogen-bond donors (Lipinski definition) is 0. The van der Waals surface area contributed by atoms with Crippen molar-refractivity contribution in [3.8, 4) is 0 Å². The van der Waals surface area contributed by atoms with Gasteiger partial charge in [-0.3, -0.25) is 0 Å². The summed E-state index contributed by atoms with van der Waals surface area (Å²) in [7, 11) is 0. The largest absolute Gasteiger partial charge is 0.355 e. The SMILES string of the molecule is CC1(C)c2ccccc2N2CCCO[C@]21C. The number of para-hydroxylation sites is 1. The van der Waals surface area contributed by atoms with Gasteiger partial charge in [0.25, 0.3) is 0 Å². The molecule has 1 saturated heterocycles. The van der Waals surface area contributed by atoms with Crippen LogP contribution < -0.4 is 4.90 Å². The minimum atomic E-state index is -0.172. The maximum Gasteiger partial charge on any atom is 0.147 e. The van der Waals surface area contributed by atoms with E-state index in [1.165, 1.54) is 11.3 Å². The van der Waals surface area contributed by atoms with Crippen LogP contribution in [0.5, 0.6) is 0 Å². The first kappa shape index (κ1) is 10.2. The van der Waals surface area contributed by atoms with E-state index >= 15 is 0 Å². The van der Waals surface area contributed by atoms with E-state index in [0.717, 1.165) is 19.6 Å². The van der Waals surface area contributed by atoms with Crippen LogP contribution in [0.2, 0.25) is 0 Å². The van der Waals surface area contributed by atoms with Gasteiger partial charge in [0.15, 0.2) is 0 Å². The van der Waals surface area contributed by atoms with Crippen LogP contribution in [0.1, 0.15) is 32.8 Å². The predicted octanol–water partition coefficient (Wildman–Crippen LogP) is 2.92. The molecule has 1 atom stereocenters. The predicted molar refractivity (Wildman–Crippen MR) is 65.8 cm³/mol. The number of anilines is 1. The van der Waals surface area contributed by atoms with Gasteiger partial charge in [-0.1, -0.05) is 32.0 Å². The molecule has 0 bridgehead atoms. The molecule has 1 fully saturated rings. The number of rotatable bonds is 0. The summed E-state index contributed by atoms with van der Waals surface area (Å²) in [6, 6.07) is 8.71. The van der Waals surface area contributed by atoms with E-state index in [1.54, 1.807) is 0 Å². The zero-order chi connectivity index (χ0) is 11.4. The topological polar surface area (TPSA) is 12.5 Å². The molecule has 16 heavy (non-hydrogen) atoms. The van der Waals surface area contributed by atoms with Crippen molar-refractivity contribution in [1.29, 1.82) is 0 Å². The molecule has 1 aromatic rings. The molecular weight excluding hydrogens is 198 g/mol. The summed E-state index contributed by atoms with van der Waals surface area (Å²) >= 11 is 0. The number of ether oxygens (including phenoxy) is 1. The summed E-state index contributed by atoms with van der Waals surface area (Å²) in [5.74, 6) is 0. The van der Waals surface area contributed by atoms with Crippen LogP contribution in [0, 0.1) is 0 Å². The molecule has 2 heteroatoms. The van der Waals surface area contributed by atoms with Crippen LogP contribution in [0.25, 0.3) is 0 Å². The molecule has 0 aliphatic carbocycles. The second-order valence-electron chi connectivity index (χ2n) is 5.48. The van der Waals surface area contributed by atoms with Crippen LogP contribution in [0.3, 0.4) is 0 Å². The molecule has 2 aliphatic rings. The Balaban J connectivity index is 2.21. The lowest BCUT2D eigenvalue weighted by molar-refractivity contribution is -0.0909. The van der Waals surface area contributed by atoms with Gasteiger partial charge in [0.2, 0.25) is 0 Å². The zero-order valence-electron chi connectivity index (χ0n) is 10.3. The fourth-order valence-electron chi connectivity index (χ4n) is 3.14. The first-order valence-corrected chi connectivity index (χ1v) is 6.08. The van der Waals surface area contributed by atoms with Gasteiger partial charge in [-0.25, -0.2) is 0 Å². The Bertz CT molecular complexity index is 426. The molecule has 0 saturated carbocycles. The third-order valence-corrected chi connectivity index (χ3v) is 4.45. The summed E-state index contributed by atoms with van der Waals surface area (Å²) in [4.78, 5) is 2.44. The summed E-state index contributed by atoms with van der Waals surface area (Å²) in [6.45, 7) is 8.79. The Kier molecular flexibility index (Phi) is 1.91. The third kappa shape index (κ3) is 1.01. The number of fused-ring (bicyclic) bond motifs is 3. The fraction of sp³-hybridized carbons (Fsp3) is 0.571. The Morgan fingerprint density at radius 2 is 1.94 bits per heavy atom. The average molecular weight is 217 g/mol. The highest BCUT2D eigenvalue weighted by Gasteiger charge is 2.55. The molecule has 0 N–H and O–H groups in total. The number of nitrogens with zero attached hydrogens (tertiary/aromatic N) is 1. The van der Waals surface area contributed by atoms with Crippen molar-refractivity contribution >= 4 is 5.69 Å². The van der Waals surface area contributed by atoms with Gasteiger partial charge >= 0.3 is 0 Å². The van der Waals surface area contributed by atoms with E-state index in [2.05, 4.69) is 49.9 Å². The molecule has 0 spiro atoms. The highest BCUT2D eigenvalue weighted by Crippen LogP contribution is 2.53. The van der Waals surface area contributed by atoms with Crippen molar-refractivity contribution in [3.63, 3.8) is 0 Å². The van der Waals surface area contributed by atoms with Crippen molar-refractivity contribution in [2.45, 2.75) is 38.3 Å². The van der Waals surface area contributed by atoms with Gasteiger partial charge in [0, 0.05) is 17.6 Å². The summed E-state index contributed by atoms with van der Waals surface area (Å²) in [5.41, 5.74) is 2.66. The number of hydrogen-bond acceptors (Lipinski definition) is 2. The van der Waals surface area contributed by atoms with E-state index in [-0.39, 0.29) is 11.1 Å². The van der Waals surface area contributed by atoms with Gasteiger partial charge in [0.05, 0.1) is 6.61 Å². The van der Waals surface area contributed by atoms with E-state index in [1.807, 2.05) is 0 Å². The van der Waals surface area contributed by atoms with Crippen LogP contribution in [0.4, 0.5) is 5.69 Å². The van der Waals surface area contributed by atoms with Crippen LogP contribution in [-0.4, -0.2) is 18.9 Å². The number of benzene rings is 1. The van der Waals surface area contributed by atoms with Crippen molar-refractivity contribution in [1.82, 2.24) is 0 Å². The second kappa shape index (κ2) is 3.01. The minimum Gasteiger partial charge on any atom is -0.355 e. The van der Waals surface area contributed by atoms with Gasteiger partial charge in [0.1, 0.15) is 5.72 Å². The maximum atomic E-state index is 6.11. The van der Waals surface area contributed by atoms with E-state index in [0.29, 0.717) is 0 Å². The summed E-state index contributed by atoms with van der Waals surface area (Å²) in [6.07, 6.45) is 1.13. The lowest BCUT2D eigenvalue weighted by Crippen LogP contribution is -2.58. The van der Waals surface area contributed by atoms with Gasteiger partial charge in [-0.2, -0.15) is 0 Å². The first-order chi connectivity index (χ1) is 7.57. The Morgan fingerprint density at radius 3 is 2.75 bits per heavy atom. The van der Waals surface area contributed by atoms with Gasteiger partial charge in [-0.15, -0.1) is 0 Å². The van der Waals surface area contributed by atoms with Gasteiger partial charge < -0.3 is 9.64 Å². The normalized spacial score (nSPS) is 31.1. The third-order valence-electron chi connectivity index (χ3n) is 4.45. The van der Waals surface area contributed by atoms with Crippen LogP contribution in [0.15, 0.2) is 24.3 Å². The molecule has 0 aromatic heterocycles. The quantitative estimate of drug-likeness (QED) is 0.662. The molecule has 0 unspecified atom stereocenters. The van der Waals surface area contributed by atoms with Crippen LogP contribution >= 0.6 is 0 Å². The molecular formula is C14H19NO. The van der Waals surface area contributed by atoms with E-state index in [9.17, 15) is 0 Å². The molecule has 0 radical (unpaired) electrons. The lowest BCUT2D eigenvalue weighted by Gasteiger charge is -2.47. The van der Waals surface area contributed by atoms with E-state index in [4.69, 9.17) is 4.74 Å². The molecule has 2 heterocycles. The van der Waals surface area contributed by atoms with Crippen molar-refractivity contribution < 1.29 is 4.74 Å². The molecule has 3 rings (SSSR count). The average Bonchev–Trinajstić information content (AvgIpc) is 2.46. The molecule has 86 valence electrons. The molecule has 0 amide bonds. The molecule has 2 aliphatic heterocycles. The first-order valence-electron chi connectivity index (χ1n) is 6.08. The standard InChI is InChI=1S/C14H19NO/c1-13(2)11-7-4-5-8-12(11)15-9-6-10-16-14(13,15)3/h4-5,7-8H,6,9-10H2,1-3H3/t14-/m0/s1. The van der Waals surface area contributed by atoms with Gasteiger partial charge in [-0.05, 0) is 25.0 Å². The van der Waals surface area contributed by atoms with Crippen molar-refractivity contribution in [2.75, 3.05) is 18.1 Å². The van der Waals surface area contributed by atoms with E-state index < -0.39 is 0 Å². The molecule has 1 aromatic carbocycles. The lowest BCUT2D eigenvalue weighted by atomic mass is 9.78. The Hall–Kier alpha value is -1.02. The smallest absolute Gasteiger partial charge is 0.147 e. The Morgan fingerprint density at radius 1 is 1.19 bits per heavy atom. The summed E-state index contributed by atoms with van der Waals surface area (Å²) in [5, 5.41) is 0. The maximum absolute atomic E-state index is 6.11.